The number of nitrogens with zero attached hydrogens (tertiary/aromatic N) is 5. The van der Waals surface area contributed by atoms with E-state index in [0.29, 0.717) is 18.1 Å². The molecule has 7 nitrogen and oxygen atoms in total. The Hall–Kier alpha value is -2.18. The lowest BCUT2D eigenvalue weighted by molar-refractivity contribution is -0.144. The van der Waals surface area contributed by atoms with Crippen LogP contribution in [-0.2, 0) is 9.53 Å². The molecule has 1 atom stereocenters. The maximum atomic E-state index is 12.0. The molecule has 3 rings (SSSR count). The van der Waals surface area contributed by atoms with Crippen molar-refractivity contribution in [3.8, 4) is 0 Å². The Morgan fingerprint density at radius 3 is 3.15 bits per heavy atom. The number of hydrogen-bond acceptors (Lipinski definition) is 6. The number of aromatic nitrogens is 4. The molecule has 106 valence electrons. The van der Waals surface area contributed by atoms with Crippen molar-refractivity contribution in [1.82, 2.24) is 19.6 Å². The van der Waals surface area contributed by atoms with Gasteiger partial charge in [0.05, 0.1) is 6.61 Å². The Balaban J connectivity index is 1.99. The highest BCUT2D eigenvalue weighted by Gasteiger charge is 2.34. The number of hydrogen-bond donors (Lipinski definition) is 0. The summed E-state index contributed by atoms with van der Waals surface area (Å²) in [4.78, 5) is 18.4. The second-order valence-corrected chi connectivity index (χ2v) is 4.80. The van der Waals surface area contributed by atoms with Gasteiger partial charge in [0.1, 0.15) is 11.9 Å². The van der Waals surface area contributed by atoms with E-state index >= 15 is 0 Å². The summed E-state index contributed by atoms with van der Waals surface area (Å²) in [5.41, 5.74) is 0.682. The summed E-state index contributed by atoms with van der Waals surface area (Å²) in [6, 6.07) is -0.273. The minimum Gasteiger partial charge on any atom is -0.464 e. The van der Waals surface area contributed by atoms with E-state index in [4.69, 9.17) is 4.74 Å². The first-order valence-corrected chi connectivity index (χ1v) is 6.82. The number of carbonyl (C=O) groups is 1. The molecule has 7 heteroatoms. The fraction of sp³-hybridized carbons (Fsp3) is 0.538. The van der Waals surface area contributed by atoms with Gasteiger partial charge in [0.2, 0.25) is 5.65 Å². The van der Waals surface area contributed by atoms with Crippen molar-refractivity contribution in [2.24, 2.45) is 0 Å². The molecule has 0 aromatic carbocycles. The van der Waals surface area contributed by atoms with Crippen LogP contribution in [0.25, 0.3) is 5.65 Å². The van der Waals surface area contributed by atoms with Crippen LogP contribution in [0.2, 0.25) is 0 Å². The van der Waals surface area contributed by atoms with Gasteiger partial charge in [-0.05, 0) is 26.7 Å². The highest BCUT2D eigenvalue weighted by Crippen LogP contribution is 2.27. The molecule has 1 fully saturated rings. The van der Waals surface area contributed by atoms with Crippen LogP contribution < -0.4 is 4.90 Å². The summed E-state index contributed by atoms with van der Waals surface area (Å²) < 4.78 is 7.02. The van der Waals surface area contributed by atoms with E-state index in [1.807, 2.05) is 29.3 Å². The molecule has 0 aliphatic carbocycles. The average molecular weight is 275 g/mol. The van der Waals surface area contributed by atoms with Gasteiger partial charge in [-0.2, -0.15) is 0 Å². The van der Waals surface area contributed by atoms with Crippen LogP contribution in [0.1, 0.15) is 25.6 Å². The molecule has 0 amide bonds. The Morgan fingerprint density at radius 2 is 2.35 bits per heavy atom. The van der Waals surface area contributed by atoms with Gasteiger partial charge in [0, 0.05) is 18.9 Å². The van der Waals surface area contributed by atoms with Crippen molar-refractivity contribution in [1.29, 1.82) is 0 Å². The third kappa shape index (κ3) is 1.99. The van der Waals surface area contributed by atoms with Crippen LogP contribution in [-0.4, -0.2) is 44.7 Å². The van der Waals surface area contributed by atoms with Gasteiger partial charge < -0.3 is 9.64 Å². The first kappa shape index (κ1) is 12.8. The summed E-state index contributed by atoms with van der Waals surface area (Å²) in [6.45, 7) is 4.88. The highest BCUT2D eigenvalue weighted by atomic mass is 16.5. The number of ether oxygens (including phenoxy) is 1. The third-order valence-corrected chi connectivity index (χ3v) is 3.56. The molecule has 2 aromatic heterocycles. The standard InChI is InChI=1S/C13H17N5O2/c1-3-20-13(19)10-5-4-7-18(10)11-12-16-15-9(2)17(12)8-6-14-11/h6,8,10H,3-5,7H2,1-2H3. The lowest BCUT2D eigenvalue weighted by Gasteiger charge is -2.23. The zero-order chi connectivity index (χ0) is 14.1. The monoisotopic (exact) mass is 275 g/mol. The van der Waals surface area contributed by atoms with Gasteiger partial charge in [0.15, 0.2) is 5.82 Å². The van der Waals surface area contributed by atoms with Crippen LogP contribution in [0.3, 0.4) is 0 Å². The van der Waals surface area contributed by atoms with Gasteiger partial charge in [-0.3, -0.25) is 4.40 Å². The molecule has 3 heterocycles. The normalized spacial score (nSPS) is 18.7. The van der Waals surface area contributed by atoms with E-state index < -0.39 is 0 Å². The van der Waals surface area contributed by atoms with Crippen molar-refractivity contribution in [2.45, 2.75) is 32.7 Å². The van der Waals surface area contributed by atoms with E-state index in [1.54, 1.807) is 6.20 Å². The summed E-state index contributed by atoms with van der Waals surface area (Å²) in [5.74, 6) is 1.31. The summed E-state index contributed by atoms with van der Waals surface area (Å²) in [6.07, 6.45) is 5.26. The predicted molar refractivity (Wildman–Crippen MR) is 72.5 cm³/mol. The summed E-state index contributed by atoms with van der Waals surface area (Å²) in [7, 11) is 0. The van der Waals surface area contributed by atoms with Gasteiger partial charge in [0.25, 0.3) is 0 Å². The largest absolute Gasteiger partial charge is 0.464 e. The molecule has 1 unspecified atom stereocenters. The Bertz CT molecular complexity index is 639. The van der Waals surface area contributed by atoms with E-state index in [-0.39, 0.29) is 12.0 Å². The number of carbonyl (C=O) groups excluding carboxylic acids is 1. The molecule has 1 aliphatic rings. The van der Waals surface area contributed by atoms with Crippen LogP contribution in [0, 0.1) is 6.92 Å². The second kappa shape index (κ2) is 5.07. The molecule has 0 saturated carbocycles. The van der Waals surface area contributed by atoms with Crippen molar-refractivity contribution >= 4 is 17.4 Å². The maximum Gasteiger partial charge on any atom is 0.328 e. The molecular weight excluding hydrogens is 258 g/mol. The molecule has 20 heavy (non-hydrogen) atoms. The lowest BCUT2D eigenvalue weighted by atomic mass is 10.2. The minimum absolute atomic E-state index is 0.190. The molecule has 1 aliphatic heterocycles. The van der Waals surface area contributed by atoms with Gasteiger partial charge in [-0.25, -0.2) is 9.78 Å². The Morgan fingerprint density at radius 1 is 1.50 bits per heavy atom. The number of fused-ring (bicyclic) bond motifs is 1. The highest BCUT2D eigenvalue weighted by molar-refractivity contribution is 5.82. The van der Waals surface area contributed by atoms with Gasteiger partial charge >= 0.3 is 5.97 Å². The molecular formula is C13H17N5O2. The number of rotatable bonds is 3. The predicted octanol–water partition coefficient (Wildman–Crippen LogP) is 0.965. The van der Waals surface area contributed by atoms with Crippen LogP contribution in [0.5, 0.6) is 0 Å². The molecule has 2 aromatic rings. The van der Waals surface area contributed by atoms with Crippen molar-refractivity contribution in [2.75, 3.05) is 18.1 Å². The van der Waals surface area contributed by atoms with Crippen LogP contribution in [0.15, 0.2) is 12.4 Å². The van der Waals surface area contributed by atoms with Crippen molar-refractivity contribution in [3.05, 3.63) is 18.2 Å². The van der Waals surface area contributed by atoms with Crippen LogP contribution >= 0.6 is 0 Å². The molecule has 1 saturated heterocycles. The zero-order valence-electron chi connectivity index (χ0n) is 11.6. The SMILES string of the molecule is CCOC(=O)C1CCCN1c1nccn2c(C)nnc12. The first-order chi connectivity index (χ1) is 9.72. The van der Waals surface area contributed by atoms with E-state index in [2.05, 4.69) is 15.2 Å². The van der Waals surface area contributed by atoms with Gasteiger partial charge in [-0.1, -0.05) is 0 Å². The fourth-order valence-electron chi connectivity index (χ4n) is 2.63. The van der Waals surface area contributed by atoms with E-state index in [9.17, 15) is 4.79 Å². The number of esters is 1. The molecule has 0 bridgehead atoms. The fourth-order valence-corrected chi connectivity index (χ4v) is 2.63. The molecule has 0 radical (unpaired) electrons. The Labute approximate surface area is 116 Å². The molecule has 0 spiro atoms. The second-order valence-electron chi connectivity index (χ2n) is 4.80. The lowest BCUT2D eigenvalue weighted by Crippen LogP contribution is -2.38. The van der Waals surface area contributed by atoms with Crippen LogP contribution in [0.4, 0.5) is 5.82 Å². The zero-order valence-corrected chi connectivity index (χ0v) is 11.6. The smallest absolute Gasteiger partial charge is 0.328 e. The number of aryl methyl sites for hydroxylation is 1. The summed E-state index contributed by atoms with van der Waals surface area (Å²) in [5, 5.41) is 8.22. The molecule has 0 N–H and O–H groups in total. The number of anilines is 1. The average Bonchev–Trinajstić information content (AvgIpc) is 3.06. The summed E-state index contributed by atoms with van der Waals surface area (Å²) >= 11 is 0. The van der Waals surface area contributed by atoms with E-state index in [1.165, 1.54) is 0 Å². The maximum absolute atomic E-state index is 12.0. The minimum atomic E-state index is -0.273. The topological polar surface area (TPSA) is 72.6 Å². The first-order valence-electron chi connectivity index (χ1n) is 6.82. The Kier molecular flexibility index (Phi) is 3.25. The van der Waals surface area contributed by atoms with E-state index in [0.717, 1.165) is 25.2 Å². The van der Waals surface area contributed by atoms with Crippen molar-refractivity contribution < 1.29 is 9.53 Å². The third-order valence-electron chi connectivity index (χ3n) is 3.56. The van der Waals surface area contributed by atoms with Crippen molar-refractivity contribution in [3.63, 3.8) is 0 Å². The van der Waals surface area contributed by atoms with Gasteiger partial charge in [-0.15, -0.1) is 10.2 Å². The quantitative estimate of drug-likeness (QED) is 0.777.